The molecule has 1 fully saturated rings. The zero-order chi connectivity index (χ0) is 13.9. The maximum absolute atomic E-state index is 11.9. The minimum absolute atomic E-state index is 0.323. The van der Waals surface area contributed by atoms with Gasteiger partial charge in [-0.25, -0.2) is 0 Å². The Bertz CT molecular complexity index is 237. The third-order valence-corrected chi connectivity index (χ3v) is 4.37. The molecule has 1 rings (SSSR count). The van der Waals surface area contributed by atoms with Crippen LogP contribution in [0.15, 0.2) is 0 Å². The normalized spacial score (nSPS) is 16.5. The number of carbonyl (C=O) groups excluding carboxylic acids is 1. The summed E-state index contributed by atoms with van der Waals surface area (Å²) in [7, 11) is 1.96. The highest BCUT2D eigenvalue weighted by Crippen LogP contribution is 2.26. The lowest BCUT2D eigenvalue weighted by atomic mass is 9.87. The van der Waals surface area contributed by atoms with Gasteiger partial charge in [0.25, 0.3) is 0 Å². The zero-order valence-electron chi connectivity index (χ0n) is 12.7. The van der Waals surface area contributed by atoms with Crippen LogP contribution in [-0.2, 0) is 4.79 Å². The first-order chi connectivity index (χ1) is 9.24. The molecule has 0 aromatic carbocycles. The number of unbranched alkanes of at least 4 members (excludes halogenated alkanes) is 3. The van der Waals surface area contributed by atoms with Gasteiger partial charge in [-0.05, 0) is 31.7 Å². The average molecular weight is 268 g/mol. The van der Waals surface area contributed by atoms with Gasteiger partial charge in [-0.3, -0.25) is 4.79 Å². The van der Waals surface area contributed by atoms with E-state index in [2.05, 4.69) is 0 Å². The quantitative estimate of drug-likeness (QED) is 0.652. The van der Waals surface area contributed by atoms with Gasteiger partial charge in [-0.1, -0.05) is 44.9 Å². The first-order valence-corrected chi connectivity index (χ1v) is 8.18. The van der Waals surface area contributed by atoms with Crippen LogP contribution in [0.2, 0.25) is 0 Å². The van der Waals surface area contributed by atoms with Crippen molar-refractivity contribution in [2.24, 2.45) is 11.7 Å². The molecule has 1 aliphatic carbocycles. The number of rotatable bonds is 9. The van der Waals surface area contributed by atoms with Crippen molar-refractivity contribution in [3.8, 4) is 0 Å². The highest BCUT2D eigenvalue weighted by Gasteiger charge is 2.15. The number of hydrogen-bond acceptors (Lipinski definition) is 2. The van der Waals surface area contributed by atoms with Gasteiger partial charge in [-0.2, -0.15) is 0 Å². The van der Waals surface area contributed by atoms with Crippen LogP contribution in [0.25, 0.3) is 0 Å². The molecule has 0 unspecified atom stereocenters. The van der Waals surface area contributed by atoms with Crippen molar-refractivity contribution in [3.63, 3.8) is 0 Å². The third-order valence-electron chi connectivity index (χ3n) is 4.37. The fourth-order valence-corrected chi connectivity index (χ4v) is 2.94. The molecular formula is C16H32N2O. The summed E-state index contributed by atoms with van der Waals surface area (Å²) in [4.78, 5) is 13.9. The Morgan fingerprint density at radius 1 is 1.11 bits per heavy atom. The van der Waals surface area contributed by atoms with E-state index in [9.17, 15) is 4.79 Å². The Hall–Kier alpha value is -0.570. The van der Waals surface area contributed by atoms with Crippen molar-refractivity contribution < 1.29 is 4.79 Å². The van der Waals surface area contributed by atoms with Gasteiger partial charge >= 0.3 is 0 Å². The van der Waals surface area contributed by atoms with Crippen LogP contribution in [0.3, 0.4) is 0 Å². The van der Waals surface area contributed by atoms with Gasteiger partial charge in [0.15, 0.2) is 0 Å². The number of amides is 1. The second-order valence-electron chi connectivity index (χ2n) is 6.06. The highest BCUT2D eigenvalue weighted by molar-refractivity contribution is 5.75. The van der Waals surface area contributed by atoms with Gasteiger partial charge in [0.05, 0.1) is 0 Å². The van der Waals surface area contributed by atoms with Gasteiger partial charge in [0.2, 0.25) is 5.91 Å². The molecule has 0 heterocycles. The number of nitrogens with two attached hydrogens (primary N) is 1. The van der Waals surface area contributed by atoms with E-state index in [-0.39, 0.29) is 0 Å². The number of carbonyl (C=O) groups is 1. The Kier molecular flexibility index (Phi) is 8.89. The summed E-state index contributed by atoms with van der Waals surface area (Å²) < 4.78 is 0. The zero-order valence-corrected chi connectivity index (χ0v) is 12.7. The second-order valence-corrected chi connectivity index (χ2v) is 6.06. The monoisotopic (exact) mass is 268 g/mol. The van der Waals surface area contributed by atoms with Crippen molar-refractivity contribution in [2.75, 3.05) is 20.1 Å². The largest absolute Gasteiger partial charge is 0.346 e. The lowest BCUT2D eigenvalue weighted by molar-refractivity contribution is -0.130. The summed E-state index contributed by atoms with van der Waals surface area (Å²) in [5.74, 6) is 1.19. The number of hydrogen-bond donors (Lipinski definition) is 1. The Morgan fingerprint density at radius 3 is 2.47 bits per heavy atom. The van der Waals surface area contributed by atoms with Crippen molar-refractivity contribution in [3.05, 3.63) is 0 Å². The van der Waals surface area contributed by atoms with Crippen molar-refractivity contribution in [2.45, 2.75) is 70.6 Å². The maximum atomic E-state index is 11.9. The standard InChI is InChI=1S/C16H32N2O/c1-18(14-12-15-9-5-4-6-10-15)16(19)11-7-2-3-8-13-17/h15H,2-14,17H2,1H3. The van der Waals surface area contributed by atoms with E-state index in [0.29, 0.717) is 12.3 Å². The van der Waals surface area contributed by atoms with Gasteiger partial charge < -0.3 is 10.6 Å². The SMILES string of the molecule is CN(CCC1CCCCC1)C(=O)CCCCCCN. The van der Waals surface area contributed by atoms with Crippen LogP contribution < -0.4 is 5.73 Å². The Labute approximate surface area is 118 Å². The lowest BCUT2D eigenvalue weighted by Gasteiger charge is -2.24. The van der Waals surface area contributed by atoms with E-state index in [1.54, 1.807) is 0 Å². The summed E-state index contributed by atoms with van der Waals surface area (Å²) in [6.45, 7) is 1.72. The molecule has 3 heteroatoms. The van der Waals surface area contributed by atoms with Gasteiger partial charge in [-0.15, -0.1) is 0 Å². The van der Waals surface area contributed by atoms with E-state index in [1.165, 1.54) is 38.5 Å². The molecule has 0 aromatic rings. The summed E-state index contributed by atoms with van der Waals surface area (Å²) >= 11 is 0. The predicted octanol–water partition coefficient (Wildman–Crippen LogP) is 3.32. The predicted molar refractivity (Wildman–Crippen MR) is 81.0 cm³/mol. The molecule has 2 N–H and O–H groups in total. The van der Waals surface area contributed by atoms with Crippen LogP contribution in [0.1, 0.15) is 70.6 Å². The molecule has 0 atom stereocenters. The summed E-state index contributed by atoms with van der Waals surface area (Å²) in [5.41, 5.74) is 5.45. The molecule has 0 aromatic heterocycles. The smallest absolute Gasteiger partial charge is 0.222 e. The van der Waals surface area contributed by atoms with Crippen molar-refractivity contribution in [1.29, 1.82) is 0 Å². The summed E-state index contributed by atoms with van der Waals surface area (Å²) in [6, 6.07) is 0. The van der Waals surface area contributed by atoms with E-state index in [1.807, 2.05) is 11.9 Å². The molecule has 0 bridgehead atoms. The molecular weight excluding hydrogens is 236 g/mol. The Balaban J connectivity index is 2.03. The summed E-state index contributed by atoms with van der Waals surface area (Å²) in [5, 5.41) is 0. The topological polar surface area (TPSA) is 46.3 Å². The highest BCUT2D eigenvalue weighted by atomic mass is 16.2. The molecule has 0 saturated heterocycles. The molecule has 0 aliphatic heterocycles. The van der Waals surface area contributed by atoms with Crippen LogP contribution in [0.4, 0.5) is 0 Å². The fraction of sp³-hybridized carbons (Fsp3) is 0.938. The maximum Gasteiger partial charge on any atom is 0.222 e. The molecule has 1 amide bonds. The molecule has 112 valence electrons. The average Bonchev–Trinajstić information content (AvgIpc) is 2.45. The van der Waals surface area contributed by atoms with Crippen LogP contribution in [0, 0.1) is 5.92 Å². The van der Waals surface area contributed by atoms with Crippen molar-refractivity contribution in [1.82, 2.24) is 4.90 Å². The van der Waals surface area contributed by atoms with E-state index >= 15 is 0 Å². The molecule has 1 aliphatic rings. The molecule has 0 radical (unpaired) electrons. The van der Waals surface area contributed by atoms with Crippen LogP contribution >= 0.6 is 0 Å². The number of nitrogens with zero attached hydrogens (tertiary/aromatic N) is 1. The fourth-order valence-electron chi connectivity index (χ4n) is 2.94. The third kappa shape index (κ3) is 7.56. The molecule has 3 nitrogen and oxygen atoms in total. The van der Waals surface area contributed by atoms with E-state index in [4.69, 9.17) is 5.73 Å². The molecule has 1 saturated carbocycles. The first kappa shape index (κ1) is 16.5. The van der Waals surface area contributed by atoms with Crippen LogP contribution in [-0.4, -0.2) is 30.9 Å². The lowest BCUT2D eigenvalue weighted by Crippen LogP contribution is -2.29. The van der Waals surface area contributed by atoms with Gasteiger partial charge in [0, 0.05) is 20.0 Å². The first-order valence-electron chi connectivity index (χ1n) is 8.18. The van der Waals surface area contributed by atoms with E-state index < -0.39 is 0 Å². The Morgan fingerprint density at radius 2 is 1.79 bits per heavy atom. The second kappa shape index (κ2) is 10.2. The molecule has 0 spiro atoms. The van der Waals surface area contributed by atoms with Crippen LogP contribution in [0.5, 0.6) is 0 Å². The van der Waals surface area contributed by atoms with Crippen molar-refractivity contribution >= 4 is 5.91 Å². The summed E-state index contributed by atoms with van der Waals surface area (Å²) in [6.07, 6.45) is 13.3. The van der Waals surface area contributed by atoms with Gasteiger partial charge in [0.1, 0.15) is 0 Å². The molecule has 19 heavy (non-hydrogen) atoms. The minimum Gasteiger partial charge on any atom is -0.346 e. The minimum atomic E-state index is 0.323. The van der Waals surface area contributed by atoms with E-state index in [0.717, 1.165) is 44.7 Å².